The van der Waals surface area contributed by atoms with Crippen LogP contribution in [0.1, 0.15) is 30.4 Å². The van der Waals surface area contributed by atoms with Gasteiger partial charge in [0.2, 0.25) is 5.91 Å². The number of carbonyl (C=O) groups excluding carboxylic acids is 1. The highest BCUT2D eigenvalue weighted by Crippen LogP contribution is 2.22. The van der Waals surface area contributed by atoms with E-state index in [1.807, 2.05) is 68.4 Å². The predicted octanol–water partition coefficient (Wildman–Crippen LogP) is 4.13. The molecule has 2 heteroatoms. The van der Waals surface area contributed by atoms with E-state index >= 15 is 0 Å². The average molecular weight is 253 g/mol. The Morgan fingerprint density at radius 2 is 1.68 bits per heavy atom. The molecule has 0 aliphatic rings. The number of hydrogen-bond acceptors (Lipinski definition) is 1. The van der Waals surface area contributed by atoms with Gasteiger partial charge in [-0.15, -0.1) is 0 Å². The monoisotopic (exact) mass is 253 g/mol. The van der Waals surface area contributed by atoms with E-state index in [1.165, 1.54) is 0 Å². The zero-order valence-electron chi connectivity index (χ0n) is 11.4. The van der Waals surface area contributed by atoms with E-state index in [0.29, 0.717) is 0 Å². The third-order valence-electron chi connectivity index (χ3n) is 3.33. The maximum atomic E-state index is 12.4. The van der Waals surface area contributed by atoms with Crippen LogP contribution >= 0.6 is 0 Å². The maximum absolute atomic E-state index is 12.4. The van der Waals surface area contributed by atoms with Gasteiger partial charge < -0.3 is 5.32 Å². The molecular formula is C17H19NO. The fourth-order valence-electron chi connectivity index (χ4n) is 2.19. The highest BCUT2D eigenvalue weighted by molar-refractivity contribution is 5.96. The molecule has 1 atom stereocenters. The van der Waals surface area contributed by atoms with Crippen molar-refractivity contribution in [2.75, 3.05) is 5.32 Å². The first-order valence-corrected chi connectivity index (χ1v) is 6.63. The van der Waals surface area contributed by atoms with Gasteiger partial charge in [0.15, 0.2) is 0 Å². The van der Waals surface area contributed by atoms with E-state index in [-0.39, 0.29) is 11.8 Å². The van der Waals surface area contributed by atoms with Crippen molar-refractivity contribution in [2.45, 2.75) is 26.2 Å². The summed E-state index contributed by atoms with van der Waals surface area (Å²) in [5.74, 6) is -0.0381. The van der Waals surface area contributed by atoms with E-state index in [4.69, 9.17) is 0 Å². The highest BCUT2D eigenvalue weighted by atomic mass is 16.1. The summed E-state index contributed by atoms with van der Waals surface area (Å²) in [6.07, 6.45) is 0.793. The molecule has 0 aliphatic heterocycles. The normalized spacial score (nSPS) is 11.9. The van der Waals surface area contributed by atoms with Gasteiger partial charge in [0.25, 0.3) is 0 Å². The topological polar surface area (TPSA) is 29.1 Å². The lowest BCUT2D eigenvalue weighted by Crippen LogP contribution is -2.21. The van der Waals surface area contributed by atoms with Crippen molar-refractivity contribution in [1.82, 2.24) is 0 Å². The van der Waals surface area contributed by atoms with E-state index in [2.05, 4.69) is 5.32 Å². The first-order valence-electron chi connectivity index (χ1n) is 6.63. The summed E-state index contributed by atoms with van der Waals surface area (Å²) in [5.41, 5.74) is 3.04. The fraction of sp³-hybridized carbons (Fsp3) is 0.235. The molecule has 0 fully saturated rings. The van der Waals surface area contributed by atoms with Crippen LogP contribution < -0.4 is 5.32 Å². The zero-order chi connectivity index (χ0) is 13.7. The molecule has 1 amide bonds. The summed E-state index contributed by atoms with van der Waals surface area (Å²) in [5, 5.41) is 3.02. The Hall–Kier alpha value is -2.09. The van der Waals surface area contributed by atoms with Gasteiger partial charge in [-0.3, -0.25) is 4.79 Å². The number of carbonyl (C=O) groups is 1. The number of aryl methyl sites for hydroxylation is 1. The van der Waals surface area contributed by atoms with Gasteiger partial charge in [-0.1, -0.05) is 55.5 Å². The first-order chi connectivity index (χ1) is 9.22. The Morgan fingerprint density at radius 3 is 2.32 bits per heavy atom. The standard InChI is InChI=1S/C17H19NO/c1-3-15(14-10-5-4-6-11-14)17(19)18-16-12-8-7-9-13(16)2/h4-12,15H,3H2,1-2H3,(H,18,19)/t15-/m0/s1. The van der Waals surface area contributed by atoms with Crippen LogP contribution in [0.3, 0.4) is 0 Å². The number of anilines is 1. The summed E-state index contributed by atoms with van der Waals surface area (Å²) < 4.78 is 0. The summed E-state index contributed by atoms with van der Waals surface area (Å²) in [6, 6.07) is 17.8. The van der Waals surface area contributed by atoms with Crippen LogP contribution in [0.4, 0.5) is 5.69 Å². The lowest BCUT2D eigenvalue weighted by Gasteiger charge is -2.16. The fourth-order valence-corrected chi connectivity index (χ4v) is 2.19. The number of amides is 1. The smallest absolute Gasteiger partial charge is 0.231 e. The molecule has 0 saturated carbocycles. The molecule has 0 saturated heterocycles. The number of hydrogen-bond donors (Lipinski definition) is 1. The molecule has 2 nitrogen and oxygen atoms in total. The molecule has 2 aromatic rings. The van der Waals surface area contributed by atoms with E-state index in [0.717, 1.165) is 23.2 Å². The van der Waals surface area contributed by atoms with Crippen LogP contribution in [-0.4, -0.2) is 5.91 Å². The minimum absolute atomic E-state index is 0.0583. The highest BCUT2D eigenvalue weighted by Gasteiger charge is 2.18. The molecule has 0 bridgehead atoms. The molecule has 0 aromatic heterocycles. The van der Waals surface area contributed by atoms with Crippen LogP contribution in [-0.2, 0) is 4.79 Å². The number of nitrogens with one attached hydrogen (secondary N) is 1. The van der Waals surface area contributed by atoms with Crippen molar-refractivity contribution in [3.8, 4) is 0 Å². The number of benzene rings is 2. The van der Waals surface area contributed by atoms with Gasteiger partial charge in [-0.2, -0.15) is 0 Å². The summed E-state index contributed by atoms with van der Waals surface area (Å²) in [4.78, 5) is 12.4. The van der Waals surface area contributed by atoms with Gasteiger partial charge in [0.1, 0.15) is 0 Å². The lowest BCUT2D eigenvalue weighted by molar-refractivity contribution is -0.117. The predicted molar refractivity (Wildman–Crippen MR) is 79.3 cm³/mol. The second-order valence-corrected chi connectivity index (χ2v) is 4.68. The maximum Gasteiger partial charge on any atom is 0.231 e. The Morgan fingerprint density at radius 1 is 1.05 bits per heavy atom. The number of rotatable bonds is 4. The molecule has 2 aromatic carbocycles. The lowest BCUT2D eigenvalue weighted by atomic mass is 9.95. The van der Waals surface area contributed by atoms with E-state index in [1.54, 1.807) is 0 Å². The number of para-hydroxylation sites is 1. The van der Waals surface area contributed by atoms with Gasteiger partial charge in [0.05, 0.1) is 5.92 Å². The van der Waals surface area contributed by atoms with Crippen molar-refractivity contribution < 1.29 is 4.79 Å². The SMILES string of the molecule is CC[C@H](C(=O)Nc1ccccc1C)c1ccccc1. The van der Waals surface area contributed by atoms with Gasteiger partial charge >= 0.3 is 0 Å². The van der Waals surface area contributed by atoms with Crippen molar-refractivity contribution in [3.05, 3.63) is 65.7 Å². The molecule has 0 aliphatic carbocycles. The van der Waals surface area contributed by atoms with Crippen molar-refractivity contribution in [2.24, 2.45) is 0 Å². The Bertz CT molecular complexity index is 548. The second-order valence-electron chi connectivity index (χ2n) is 4.68. The first kappa shape index (κ1) is 13.3. The summed E-state index contributed by atoms with van der Waals surface area (Å²) in [7, 11) is 0. The van der Waals surface area contributed by atoms with Crippen molar-refractivity contribution in [3.63, 3.8) is 0 Å². The largest absolute Gasteiger partial charge is 0.325 e. The van der Waals surface area contributed by atoms with Crippen LogP contribution in [0.15, 0.2) is 54.6 Å². The molecule has 19 heavy (non-hydrogen) atoms. The zero-order valence-corrected chi connectivity index (χ0v) is 11.4. The molecule has 2 rings (SSSR count). The third kappa shape index (κ3) is 3.22. The van der Waals surface area contributed by atoms with Gasteiger partial charge in [0, 0.05) is 5.69 Å². The Balaban J connectivity index is 2.17. The van der Waals surface area contributed by atoms with E-state index in [9.17, 15) is 4.79 Å². The molecular weight excluding hydrogens is 234 g/mol. The van der Waals surface area contributed by atoms with Crippen LogP contribution in [0.2, 0.25) is 0 Å². The summed E-state index contributed by atoms with van der Waals surface area (Å²) >= 11 is 0. The Labute approximate surface area is 114 Å². The molecule has 0 spiro atoms. The van der Waals surface area contributed by atoms with Crippen molar-refractivity contribution >= 4 is 11.6 Å². The minimum Gasteiger partial charge on any atom is -0.325 e. The second kappa shape index (κ2) is 6.19. The average Bonchev–Trinajstić information content (AvgIpc) is 2.43. The molecule has 0 heterocycles. The Kier molecular flexibility index (Phi) is 4.35. The third-order valence-corrected chi connectivity index (χ3v) is 3.33. The molecule has 0 radical (unpaired) electrons. The van der Waals surface area contributed by atoms with Crippen LogP contribution in [0.25, 0.3) is 0 Å². The van der Waals surface area contributed by atoms with Crippen molar-refractivity contribution in [1.29, 1.82) is 0 Å². The van der Waals surface area contributed by atoms with Crippen LogP contribution in [0.5, 0.6) is 0 Å². The van der Waals surface area contributed by atoms with Crippen LogP contribution in [0, 0.1) is 6.92 Å². The van der Waals surface area contributed by atoms with E-state index < -0.39 is 0 Å². The molecule has 1 N–H and O–H groups in total. The van der Waals surface area contributed by atoms with Gasteiger partial charge in [-0.05, 0) is 30.5 Å². The molecule has 98 valence electrons. The van der Waals surface area contributed by atoms with Gasteiger partial charge in [-0.25, -0.2) is 0 Å². The quantitative estimate of drug-likeness (QED) is 0.872. The molecule has 0 unspecified atom stereocenters. The summed E-state index contributed by atoms with van der Waals surface area (Å²) in [6.45, 7) is 4.04. The minimum atomic E-state index is -0.0965.